The molecule has 0 spiro atoms. The Morgan fingerprint density at radius 1 is 1.24 bits per heavy atom. The second-order valence-corrected chi connectivity index (χ2v) is 6.96. The van der Waals surface area contributed by atoms with E-state index in [1.807, 2.05) is 0 Å². The SMILES string of the molecule is O=C(COc1ccc2nc3n(c(=O)c2c1)CCC3)NC1CCCCC1. The van der Waals surface area contributed by atoms with Gasteiger partial charge in [-0.3, -0.25) is 14.2 Å². The Morgan fingerprint density at radius 3 is 2.92 bits per heavy atom. The minimum absolute atomic E-state index is 0.0189. The molecule has 2 aromatic rings. The maximum absolute atomic E-state index is 12.6. The van der Waals surface area contributed by atoms with Crippen LogP contribution in [-0.2, 0) is 17.8 Å². The van der Waals surface area contributed by atoms with Crippen molar-refractivity contribution < 1.29 is 9.53 Å². The van der Waals surface area contributed by atoms with Gasteiger partial charge in [-0.2, -0.15) is 0 Å². The first-order valence-electron chi connectivity index (χ1n) is 9.16. The molecule has 0 unspecified atom stereocenters. The van der Waals surface area contributed by atoms with Crippen LogP contribution in [0.15, 0.2) is 23.0 Å². The highest BCUT2D eigenvalue weighted by Gasteiger charge is 2.17. The largest absolute Gasteiger partial charge is 0.484 e. The molecule has 1 saturated carbocycles. The molecule has 6 heteroatoms. The van der Waals surface area contributed by atoms with Crippen molar-refractivity contribution in [2.45, 2.75) is 57.5 Å². The molecule has 25 heavy (non-hydrogen) atoms. The zero-order valence-corrected chi connectivity index (χ0v) is 14.3. The summed E-state index contributed by atoms with van der Waals surface area (Å²) in [7, 11) is 0. The minimum atomic E-state index is -0.101. The summed E-state index contributed by atoms with van der Waals surface area (Å²) in [5.74, 6) is 1.29. The number of nitrogens with zero attached hydrogens (tertiary/aromatic N) is 2. The number of benzene rings is 1. The van der Waals surface area contributed by atoms with E-state index in [-0.39, 0.29) is 24.1 Å². The molecular formula is C19H23N3O3. The van der Waals surface area contributed by atoms with E-state index >= 15 is 0 Å². The van der Waals surface area contributed by atoms with Crippen LogP contribution in [0.3, 0.4) is 0 Å². The van der Waals surface area contributed by atoms with Gasteiger partial charge in [-0.05, 0) is 37.5 Å². The molecule has 1 amide bonds. The van der Waals surface area contributed by atoms with E-state index in [2.05, 4.69) is 10.3 Å². The van der Waals surface area contributed by atoms with Crippen molar-refractivity contribution in [3.05, 3.63) is 34.4 Å². The molecule has 6 nitrogen and oxygen atoms in total. The molecule has 0 atom stereocenters. The van der Waals surface area contributed by atoms with Gasteiger partial charge in [0.05, 0.1) is 10.9 Å². The molecule has 0 radical (unpaired) electrons. The Kier molecular flexibility index (Phi) is 4.42. The Hall–Kier alpha value is -2.37. The van der Waals surface area contributed by atoms with Crippen LogP contribution in [0.1, 0.15) is 44.3 Å². The number of rotatable bonds is 4. The summed E-state index contributed by atoms with van der Waals surface area (Å²) in [5, 5.41) is 3.58. The molecule has 1 aliphatic heterocycles. The maximum atomic E-state index is 12.6. The third-order valence-electron chi connectivity index (χ3n) is 5.13. The molecule has 4 rings (SSSR count). The van der Waals surface area contributed by atoms with Crippen molar-refractivity contribution in [1.82, 2.24) is 14.9 Å². The minimum Gasteiger partial charge on any atom is -0.484 e. The summed E-state index contributed by atoms with van der Waals surface area (Å²) in [6.07, 6.45) is 7.53. The Labute approximate surface area is 146 Å². The van der Waals surface area contributed by atoms with Crippen molar-refractivity contribution in [2.75, 3.05) is 6.61 Å². The van der Waals surface area contributed by atoms with E-state index in [9.17, 15) is 9.59 Å². The third-order valence-corrected chi connectivity index (χ3v) is 5.13. The van der Waals surface area contributed by atoms with E-state index in [1.165, 1.54) is 19.3 Å². The first-order valence-corrected chi connectivity index (χ1v) is 9.16. The fourth-order valence-corrected chi connectivity index (χ4v) is 3.82. The number of fused-ring (bicyclic) bond motifs is 2. The molecular weight excluding hydrogens is 318 g/mol. The first kappa shape index (κ1) is 16.1. The molecule has 1 N–H and O–H groups in total. The highest BCUT2D eigenvalue weighted by atomic mass is 16.5. The summed E-state index contributed by atoms with van der Waals surface area (Å²) in [5.41, 5.74) is 0.673. The van der Waals surface area contributed by atoms with Crippen molar-refractivity contribution >= 4 is 16.8 Å². The fourth-order valence-electron chi connectivity index (χ4n) is 3.82. The lowest BCUT2D eigenvalue weighted by atomic mass is 9.95. The zero-order chi connectivity index (χ0) is 17.2. The lowest BCUT2D eigenvalue weighted by Crippen LogP contribution is -2.38. The van der Waals surface area contributed by atoms with Crippen molar-refractivity contribution in [1.29, 1.82) is 0 Å². The van der Waals surface area contributed by atoms with Gasteiger partial charge in [0.15, 0.2) is 6.61 Å². The summed E-state index contributed by atoms with van der Waals surface area (Å²) in [6, 6.07) is 5.54. The molecule has 132 valence electrons. The number of ether oxygens (including phenoxy) is 1. The molecule has 0 bridgehead atoms. The fraction of sp³-hybridized carbons (Fsp3) is 0.526. The number of hydrogen-bond acceptors (Lipinski definition) is 4. The van der Waals surface area contributed by atoms with E-state index in [0.717, 1.165) is 38.1 Å². The van der Waals surface area contributed by atoms with Gasteiger partial charge in [0.25, 0.3) is 11.5 Å². The zero-order valence-electron chi connectivity index (χ0n) is 14.3. The van der Waals surface area contributed by atoms with E-state index < -0.39 is 0 Å². The molecule has 2 heterocycles. The van der Waals surface area contributed by atoms with Crippen LogP contribution in [0.4, 0.5) is 0 Å². The molecule has 1 aromatic heterocycles. The normalized spacial score (nSPS) is 17.4. The summed E-state index contributed by atoms with van der Waals surface area (Å²) >= 11 is 0. The van der Waals surface area contributed by atoms with Crippen LogP contribution in [-0.4, -0.2) is 28.1 Å². The lowest BCUT2D eigenvalue weighted by Gasteiger charge is -2.22. The molecule has 1 aromatic carbocycles. The van der Waals surface area contributed by atoms with Gasteiger partial charge in [0.1, 0.15) is 11.6 Å². The van der Waals surface area contributed by atoms with E-state index in [1.54, 1.807) is 22.8 Å². The standard InChI is InChI=1S/C19H23N3O3/c23-18(20-13-5-2-1-3-6-13)12-25-14-8-9-16-15(11-14)19(24)22-10-4-7-17(22)21-16/h8-9,11,13H,1-7,10,12H2,(H,20,23). The molecule has 1 fully saturated rings. The van der Waals surface area contributed by atoms with Gasteiger partial charge in [0, 0.05) is 19.0 Å². The highest BCUT2D eigenvalue weighted by molar-refractivity contribution is 5.80. The molecule has 1 aliphatic carbocycles. The smallest absolute Gasteiger partial charge is 0.261 e. The number of aryl methyl sites for hydroxylation is 1. The van der Waals surface area contributed by atoms with Gasteiger partial charge in [-0.1, -0.05) is 19.3 Å². The Morgan fingerprint density at radius 2 is 2.08 bits per heavy atom. The lowest BCUT2D eigenvalue weighted by molar-refractivity contribution is -0.124. The Balaban J connectivity index is 1.45. The highest BCUT2D eigenvalue weighted by Crippen LogP contribution is 2.20. The predicted molar refractivity (Wildman–Crippen MR) is 94.8 cm³/mol. The maximum Gasteiger partial charge on any atom is 0.261 e. The van der Waals surface area contributed by atoms with Crippen LogP contribution in [0.5, 0.6) is 5.75 Å². The number of nitrogens with one attached hydrogen (secondary N) is 1. The van der Waals surface area contributed by atoms with Crippen molar-refractivity contribution in [2.24, 2.45) is 0 Å². The van der Waals surface area contributed by atoms with E-state index in [0.29, 0.717) is 16.7 Å². The average molecular weight is 341 g/mol. The van der Waals surface area contributed by atoms with Gasteiger partial charge in [0.2, 0.25) is 0 Å². The molecule has 0 saturated heterocycles. The summed E-state index contributed by atoms with van der Waals surface area (Å²) < 4.78 is 7.34. The van der Waals surface area contributed by atoms with Gasteiger partial charge >= 0.3 is 0 Å². The second kappa shape index (κ2) is 6.86. The number of hydrogen-bond donors (Lipinski definition) is 1. The first-order chi connectivity index (χ1) is 12.2. The number of carbonyl (C=O) groups excluding carboxylic acids is 1. The van der Waals surface area contributed by atoms with Crippen molar-refractivity contribution in [3.63, 3.8) is 0 Å². The van der Waals surface area contributed by atoms with Gasteiger partial charge in [-0.15, -0.1) is 0 Å². The van der Waals surface area contributed by atoms with Crippen molar-refractivity contribution in [3.8, 4) is 5.75 Å². The predicted octanol–water partition coefficient (Wildman–Crippen LogP) is 2.17. The summed E-state index contributed by atoms with van der Waals surface area (Å²) in [4.78, 5) is 29.2. The van der Waals surface area contributed by atoms with Crippen LogP contribution < -0.4 is 15.6 Å². The monoisotopic (exact) mass is 341 g/mol. The Bertz CT molecular complexity index is 853. The van der Waals surface area contributed by atoms with Crippen LogP contribution in [0.2, 0.25) is 0 Å². The van der Waals surface area contributed by atoms with Gasteiger partial charge < -0.3 is 10.1 Å². The second-order valence-electron chi connectivity index (χ2n) is 6.96. The summed E-state index contributed by atoms with van der Waals surface area (Å²) in [6.45, 7) is 0.702. The number of aromatic nitrogens is 2. The quantitative estimate of drug-likeness (QED) is 0.925. The third kappa shape index (κ3) is 3.38. The van der Waals surface area contributed by atoms with E-state index in [4.69, 9.17) is 4.74 Å². The molecule has 2 aliphatic rings. The topological polar surface area (TPSA) is 73.2 Å². The van der Waals surface area contributed by atoms with Crippen LogP contribution in [0, 0.1) is 0 Å². The number of carbonyl (C=O) groups is 1. The van der Waals surface area contributed by atoms with Crippen LogP contribution in [0.25, 0.3) is 10.9 Å². The van der Waals surface area contributed by atoms with Gasteiger partial charge in [-0.25, -0.2) is 4.98 Å². The van der Waals surface area contributed by atoms with Crippen LogP contribution >= 0.6 is 0 Å². The number of amides is 1. The average Bonchev–Trinajstić information content (AvgIpc) is 3.10.